The van der Waals surface area contributed by atoms with Crippen LogP contribution in [0.15, 0.2) is 27.5 Å². The van der Waals surface area contributed by atoms with Gasteiger partial charge in [-0.2, -0.15) is 8.42 Å². The minimum absolute atomic E-state index is 0.0338. The summed E-state index contributed by atoms with van der Waals surface area (Å²) in [5.74, 6) is -0.227. The van der Waals surface area contributed by atoms with Gasteiger partial charge >= 0.3 is 0 Å². The Labute approximate surface area is 159 Å². The number of hydrogen-bond acceptors (Lipinski definition) is 5. The summed E-state index contributed by atoms with van der Waals surface area (Å²) in [5.41, 5.74) is 0.747. The number of nitrogens with one attached hydrogen (secondary N) is 2. The molecule has 3 rings (SSSR count). The van der Waals surface area contributed by atoms with Gasteiger partial charge < -0.3 is 15.5 Å². The number of amides is 2. The van der Waals surface area contributed by atoms with Crippen molar-refractivity contribution < 1.29 is 18.0 Å². The quantitative estimate of drug-likeness (QED) is 0.806. The molecular formula is C18H24N4O4S. The molecule has 8 nitrogen and oxygen atoms in total. The topological polar surface area (TPSA) is 108 Å². The Morgan fingerprint density at radius 1 is 1.26 bits per heavy atom. The highest BCUT2D eigenvalue weighted by Gasteiger charge is 2.32. The van der Waals surface area contributed by atoms with Crippen molar-refractivity contribution in [2.45, 2.75) is 50.5 Å². The second-order valence-electron chi connectivity index (χ2n) is 6.72. The smallest absolute Gasteiger partial charge is 0.286 e. The number of nitrogens with zero attached hydrogens (tertiary/aromatic N) is 2. The van der Waals surface area contributed by atoms with Crippen LogP contribution in [0.2, 0.25) is 0 Å². The van der Waals surface area contributed by atoms with E-state index in [-0.39, 0.29) is 16.4 Å². The average molecular weight is 392 g/mol. The summed E-state index contributed by atoms with van der Waals surface area (Å²) in [5, 5.41) is 5.21. The van der Waals surface area contributed by atoms with E-state index in [2.05, 4.69) is 15.0 Å². The van der Waals surface area contributed by atoms with E-state index >= 15 is 0 Å². The number of amidine groups is 1. The summed E-state index contributed by atoms with van der Waals surface area (Å²) in [6.45, 7) is 4.54. The van der Waals surface area contributed by atoms with Gasteiger partial charge in [0.2, 0.25) is 5.91 Å². The van der Waals surface area contributed by atoms with Gasteiger partial charge in [0.05, 0.1) is 5.69 Å². The van der Waals surface area contributed by atoms with Gasteiger partial charge in [0, 0.05) is 25.1 Å². The van der Waals surface area contributed by atoms with Gasteiger partial charge in [0.1, 0.15) is 16.8 Å². The molecule has 1 aromatic carbocycles. The lowest BCUT2D eigenvalue weighted by molar-refractivity contribution is -0.122. The molecule has 0 unspecified atom stereocenters. The third kappa shape index (κ3) is 3.97. The number of carbonyl (C=O) groups excluding carboxylic acids is 2. The normalized spacial score (nSPS) is 19.0. The summed E-state index contributed by atoms with van der Waals surface area (Å²) in [4.78, 5) is 26.2. The zero-order valence-corrected chi connectivity index (χ0v) is 16.3. The molecule has 0 aliphatic carbocycles. The second kappa shape index (κ2) is 7.67. The lowest BCUT2D eigenvalue weighted by atomic mass is 10.1. The number of fused-ring (bicyclic) bond motifs is 3. The van der Waals surface area contributed by atoms with Crippen LogP contribution < -0.4 is 15.5 Å². The molecule has 2 aliphatic heterocycles. The van der Waals surface area contributed by atoms with Crippen LogP contribution in [-0.2, 0) is 14.8 Å². The molecule has 2 heterocycles. The molecule has 27 heavy (non-hydrogen) atoms. The van der Waals surface area contributed by atoms with Crippen LogP contribution in [0, 0.1) is 0 Å². The molecule has 1 atom stereocenters. The maximum atomic E-state index is 12.6. The van der Waals surface area contributed by atoms with Gasteiger partial charge in [0.25, 0.3) is 15.9 Å². The summed E-state index contributed by atoms with van der Waals surface area (Å²) in [6.07, 6.45) is 3.54. The molecule has 146 valence electrons. The molecule has 1 aromatic rings. The van der Waals surface area contributed by atoms with Crippen LogP contribution >= 0.6 is 0 Å². The first kappa shape index (κ1) is 19.3. The summed E-state index contributed by atoms with van der Waals surface area (Å²) in [7, 11) is -3.85. The third-order valence-corrected chi connectivity index (χ3v) is 6.04. The van der Waals surface area contributed by atoms with E-state index in [1.807, 2.05) is 4.90 Å². The lowest BCUT2D eigenvalue weighted by Crippen LogP contribution is -2.44. The van der Waals surface area contributed by atoms with Crippen LogP contribution in [0.5, 0.6) is 0 Å². The summed E-state index contributed by atoms with van der Waals surface area (Å²) >= 11 is 0. The highest BCUT2D eigenvalue weighted by atomic mass is 32.2. The van der Waals surface area contributed by atoms with Crippen molar-refractivity contribution in [2.24, 2.45) is 4.40 Å². The number of rotatable bonds is 4. The van der Waals surface area contributed by atoms with Crippen molar-refractivity contribution in [3.63, 3.8) is 0 Å². The highest BCUT2D eigenvalue weighted by molar-refractivity contribution is 7.90. The van der Waals surface area contributed by atoms with Gasteiger partial charge in [-0.3, -0.25) is 9.59 Å². The molecule has 2 aliphatic rings. The van der Waals surface area contributed by atoms with E-state index in [9.17, 15) is 18.0 Å². The van der Waals surface area contributed by atoms with E-state index in [0.717, 1.165) is 19.3 Å². The van der Waals surface area contributed by atoms with Gasteiger partial charge in [0.15, 0.2) is 0 Å². The van der Waals surface area contributed by atoms with Crippen molar-refractivity contribution in [3.05, 3.63) is 23.8 Å². The molecular weight excluding hydrogens is 368 g/mol. The minimum atomic E-state index is -3.85. The number of hydrogen-bond donors (Lipinski definition) is 2. The Kier molecular flexibility index (Phi) is 5.50. The fraction of sp³-hybridized carbons (Fsp3) is 0.500. The molecule has 1 fully saturated rings. The number of carbonyl (C=O) groups is 2. The van der Waals surface area contributed by atoms with Crippen molar-refractivity contribution in [2.75, 3.05) is 18.0 Å². The lowest BCUT2D eigenvalue weighted by Gasteiger charge is -2.29. The largest absolute Gasteiger partial charge is 0.355 e. The van der Waals surface area contributed by atoms with Crippen LogP contribution in [0.4, 0.5) is 5.69 Å². The molecule has 9 heteroatoms. The maximum Gasteiger partial charge on any atom is 0.286 e. The zero-order valence-electron chi connectivity index (χ0n) is 15.5. The predicted octanol–water partition coefficient (Wildman–Crippen LogP) is 1.42. The van der Waals surface area contributed by atoms with E-state index in [1.54, 1.807) is 26.0 Å². The standard InChI is InChI=1S/C18H24N4O4S/c1-3-19-17(23)12(2)20-18(24)13-8-9-14-15(11-13)27(25,26)21-16-7-5-4-6-10-22(14)16/h8-9,11-12H,3-7,10H2,1-2H3,(H,19,23)(H,20,24)/t12-/m0/s1. The molecule has 2 amide bonds. The monoisotopic (exact) mass is 392 g/mol. The summed E-state index contributed by atoms with van der Waals surface area (Å²) < 4.78 is 29.2. The minimum Gasteiger partial charge on any atom is -0.355 e. The Balaban J connectivity index is 1.89. The molecule has 0 saturated carbocycles. The zero-order chi connectivity index (χ0) is 19.6. The Hall–Kier alpha value is -2.42. The van der Waals surface area contributed by atoms with Gasteiger partial charge in [-0.25, -0.2) is 0 Å². The van der Waals surface area contributed by atoms with Crippen molar-refractivity contribution in [1.29, 1.82) is 0 Å². The van der Waals surface area contributed by atoms with E-state index in [4.69, 9.17) is 0 Å². The highest BCUT2D eigenvalue weighted by Crippen LogP contribution is 2.34. The van der Waals surface area contributed by atoms with Crippen LogP contribution in [-0.4, -0.2) is 45.2 Å². The maximum absolute atomic E-state index is 12.6. The van der Waals surface area contributed by atoms with Gasteiger partial charge in [-0.15, -0.1) is 4.40 Å². The van der Waals surface area contributed by atoms with Crippen molar-refractivity contribution >= 4 is 33.4 Å². The van der Waals surface area contributed by atoms with E-state index < -0.39 is 22.0 Å². The third-order valence-electron chi connectivity index (χ3n) is 4.70. The molecule has 0 bridgehead atoms. The Morgan fingerprint density at radius 3 is 2.78 bits per heavy atom. The van der Waals surface area contributed by atoms with Crippen LogP contribution in [0.3, 0.4) is 0 Å². The fourth-order valence-corrected chi connectivity index (χ4v) is 4.58. The molecule has 0 radical (unpaired) electrons. The fourth-order valence-electron chi connectivity index (χ4n) is 3.29. The van der Waals surface area contributed by atoms with Crippen molar-refractivity contribution in [1.82, 2.24) is 10.6 Å². The first-order valence-electron chi connectivity index (χ1n) is 9.17. The number of likely N-dealkylation sites (N-methyl/N-ethyl adjacent to an activating group) is 1. The molecule has 0 aromatic heterocycles. The SMILES string of the molecule is CCNC(=O)[C@H](C)NC(=O)c1ccc2c(c1)S(=O)(=O)N=C1CCCCCN12. The van der Waals surface area contributed by atoms with E-state index in [0.29, 0.717) is 31.0 Å². The summed E-state index contributed by atoms with van der Waals surface area (Å²) in [6, 6.07) is 3.86. The molecule has 0 spiro atoms. The van der Waals surface area contributed by atoms with E-state index in [1.165, 1.54) is 6.07 Å². The predicted molar refractivity (Wildman–Crippen MR) is 102 cm³/mol. The first-order valence-corrected chi connectivity index (χ1v) is 10.6. The van der Waals surface area contributed by atoms with Crippen LogP contribution in [0.1, 0.15) is 49.9 Å². The Morgan fingerprint density at radius 2 is 2.04 bits per heavy atom. The number of benzene rings is 1. The van der Waals surface area contributed by atoms with Gasteiger partial charge in [-0.05, 0) is 44.9 Å². The number of sulfonamides is 1. The molecule has 2 N–H and O–H groups in total. The van der Waals surface area contributed by atoms with Crippen LogP contribution in [0.25, 0.3) is 0 Å². The second-order valence-corrected chi connectivity index (χ2v) is 8.29. The first-order chi connectivity index (χ1) is 12.8. The Bertz CT molecular complexity index is 895. The van der Waals surface area contributed by atoms with Crippen molar-refractivity contribution in [3.8, 4) is 0 Å². The molecule has 1 saturated heterocycles. The van der Waals surface area contributed by atoms with Gasteiger partial charge in [-0.1, -0.05) is 6.42 Å². The average Bonchev–Trinajstić information content (AvgIpc) is 2.86. The number of anilines is 1.